The zero-order valence-corrected chi connectivity index (χ0v) is 12.6. The molecule has 0 saturated carbocycles. The molecule has 1 aromatic heterocycles. The second-order valence-corrected chi connectivity index (χ2v) is 6.03. The van der Waals surface area contributed by atoms with Gasteiger partial charge in [0.15, 0.2) is 0 Å². The molecule has 1 aromatic carbocycles. The summed E-state index contributed by atoms with van der Waals surface area (Å²) in [6.45, 7) is 4.71. The van der Waals surface area contributed by atoms with Crippen LogP contribution in [-0.4, -0.2) is 11.0 Å². The number of rotatable bonds is 4. The second-order valence-electron chi connectivity index (χ2n) is 6.03. The molecule has 1 N–H and O–H groups in total. The predicted molar refractivity (Wildman–Crippen MR) is 82.8 cm³/mol. The summed E-state index contributed by atoms with van der Waals surface area (Å²) in [6.07, 6.45) is 3.97. The summed E-state index contributed by atoms with van der Waals surface area (Å²) in [5.74, 6) is 0.172. The van der Waals surface area contributed by atoms with Crippen LogP contribution < -0.4 is 5.32 Å². The number of aryl methyl sites for hydroxylation is 1. The molecule has 1 atom stereocenters. The largest absolute Gasteiger partial charge is 0.310 e. The average molecular weight is 284 g/mol. The van der Waals surface area contributed by atoms with Gasteiger partial charge < -0.3 is 5.32 Å². The van der Waals surface area contributed by atoms with Gasteiger partial charge in [-0.1, -0.05) is 32.0 Å². The molecule has 2 nitrogen and oxygen atoms in total. The van der Waals surface area contributed by atoms with Crippen LogP contribution in [0.15, 0.2) is 36.5 Å². The molecule has 1 aliphatic rings. The summed E-state index contributed by atoms with van der Waals surface area (Å²) < 4.78 is 13.9. The van der Waals surface area contributed by atoms with Gasteiger partial charge in [-0.2, -0.15) is 0 Å². The maximum Gasteiger partial charge on any atom is 0.127 e. The maximum atomic E-state index is 13.9. The smallest absolute Gasteiger partial charge is 0.127 e. The van der Waals surface area contributed by atoms with E-state index in [-0.39, 0.29) is 5.82 Å². The van der Waals surface area contributed by atoms with Gasteiger partial charge in [-0.15, -0.1) is 0 Å². The molecule has 0 fully saturated rings. The van der Waals surface area contributed by atoms with Gasteiger partial charge in [0.05, 0.1) is 5.69 Å². The minimum atomic E-state index is -0.133. The van der Waals surface area contributed by atoms with Gasteiger partial charge in [-0.25, -0.2) is 4.39 Å². The third-order valence-electron chi connectivity index (χ3n) is 4.13. The maximum absolute atomic E-state index is 13.9. The molecule has 0 aliphatic heterocycles. The fourth-order valence-corrected chi connectivity index (χ4v) is 3.00. The highest BCUT2D eigenvalue weighted by Crippen LogP contribution is 2.36. The van der Waals surface area contributed by atoms with E-state index in [1.54, 1.807) is 6.07 Å². The Morgan fingerprint density at radius 1 is 1.33 bits per heavy atom. The Labute approximate surface area is 125 Å². The minimum absolute atomic E-state index is 0.133. The van der Waals surface area contributed by atoms with Gasteiger partial charge >= 0.3 is 0 Å². The first kappa shape index (κ1) is 14.2. The van der Waals surface area contributed by atoms with Crippen LogP contribution in [0.25, 0.3) is 0 Å². The van der Waals surface area contributed by atoms with Gasteiger partial charge in [0.2, 0.25) is 0 Å². The summed E-state index contributed by atoms with van der Waals surface area (Å²) in [5, 5.41) is 3.28. The van der Waals surface area contributed by atoms with Crippen LogP contribution in [0.4, 0.5) is 4.39 Å². The Morgan fingerprint density at radius 3 is 3.00 bits per heavy atom. The van der Waals surface area contributed by atoms with Crippen molar-refractivity contribution in [2.75, 3.05) is 0 Å². The van der Waals surface area contributed by atoms with E-state index in [0.717, 1.165) is 24.1 Å². The van der Waals surface area contributed by atoms with E-state index in [1.165, 1.54) is 11.1 Å². The van der Waals surface area contributed by atoms with Crippen LogP contribution >= 0.6 is 0 Å². The van der Waals surface area contributed by atoms with Gasteiger partial charge in [0, 0.05) is 30.3 Å². The molecule has 0 bridgehead atoms. The Morgan fingerprint density at radius 2 is 2.19 bits per heavy atom. The Kier molecular flexibility index (Phi) is 4.02. The summed E-state index contributed by atoms with van der Waals surface area (Å²) in [4.78, 5) is 4.53. The molecule has 3 heteroatoms. The number of hydrogen-bond acceptors (Lipinski definition) is 2. The third kappa shape index (κ3) is 2.98. The van der Waals surface area contributed by atoms with Crippen molar-refractivity contribution in [1.29, 1.82) is 0 Å². The Bertz CT molecular complexity index is 637. The lowest BCUT2D eigenvalue weighted by atomic mass is 9.94. The van der Waals surface area contributed by atoms with E-state index in [1.807, 2.05) is 24.4 Å². The SMILES string of the molecule is CC(C)NCc1cc(C2CCc3cccnc32)ccc1F. The van der Waals surface area contributed by atoms with Crippen molar-refractivity contribution in [3.8, 4) is 0 Å². The van der Waals surface area contributed by atoms with E-state index in [0.29, 0.717) is 18.5 Å². The molecule has 0 amide bonds. The summed E-state index contributed by atoms with van der Waals surface area (Å²) in [7, 11) is 0. The summed E-state index contributed by atoms with van der Waals surface area (Å²) in [6, 6.07) is 9.98. The second kappa shape index (κ2) is 5.94. The standard InChI is InChI=1S/C18H21FN2/c1-12(2)21-11-15-10-14(6-8-17(15)19)16-7-5-13-4-3-9-20-18(13)16/h3-4,6,8-10,12,16,21H,5,7,11H2,1-2H3. The highest BCUT2D eigenvalue weighted by Gasteiger charge is 2.25. The van der Waals surface area contributed by atoms with Crippen molar-refractivity contribution in [2.45, 2.75) is 45.2 Å². The molecule has 0 radical (unpaired) electrons. The van der Waals surface area contributed by atoms with Crippen LogP contribution in [0.2, 0.25) is 0 Å². The number of hydrogen-bond donors (Lipinski definition) is 1. The van der Waals surface area contributed by atoms with Crippen molar-refractivity contribution in [3.05, 3.63) is 64.7 Å². The molecular weight excluding hydrogens is 263 g/mol. The molecule has 110 valence electrons. The highest BCUT2D eigenvalue weighted by molar-refractivity contribution is 5.39. The van der Waals surface area contributed by atoms with Crippen LogP contribution in [0.5, 0.6) is 0 Å². The van der Waals surface area contributed by atoms with Crippen molar-refractivity contribution < 1.29 is 4.39 Å². The van der Waals surface area contributed by atoms with E-state index in [4.69, 9.17) is 0 Å². The lowest BCUT2D eigenvalue weighted by Gasteiger charge is -2.14. The minimum Gasteiger partial charge on any atom is -0.310 e. The van der Waals surface area contributed by atoms with E-state index >= 15 is 0 Å². The van der Waals surface area contributed by atoms with Gasteiger partial charge in [-0.05, 0) is 36.1 Å². The Balaban J connectivity index is 1.88. The third-order valence-corrected chi connectivity index (χ3v) is 4.13. The van der Waals surface area contributed by atoms with Crippen molar-refractivity contribution in [3.63, 3.8) is 0 Å². The van der Waals surface area contributed by atoms with Gasteiger partial charge in [0.1, 0.15) is 5.82 Å². The fourth-order valence-electron chi connectivity index (χ4n) is 3.00. The molecule has 3 rings (SSSR count). The van der Waals surface area contributed by atoms with Gasteiger partial charge in [-0.3, -0.25) is 4.98 Å². The number of fused-ring (bicyclic) bond motifs is 1. The van der Waals surface area contributed by atoms with Crippen LogP contribution in [0.3, 0.4) is 0 Å². The number of benzene rings is 1. The van der Waals surface area contributed by atoms with Crippen molar-refractivity contribution in [1.82, 2.24) is 10.3 Å². The zero-order chi connectivity index (χ0) is 14.8. The summed E-state index contributed by atoms with van der Waals surface area (Å²) >= 11 is 0. The first-order valence-electron chi connectivity index (χ1n) is 7.60. The summed E-state index contributed by atoms with van der Waals surface area (Å²) in [5.41, 5.74) is 4.40. The van der Waals surface area contributed by atoms with Gasteiger partial charge in [0.25, 0.3) is 0 Å². The molecule has 1 unspecified atom stereocenters. The van der Waals surface area contributed by atoms with E-state index < -0.39 is 0 Å². The first-order chi connectivity index (χ1) is 10.1. The average Bonchev–Trinajstić information content (AvgIpc) is 2.90. The monoisotopic (exact) mass is 284 g/mol. The predicted octanol–water partition coefficient (Wildman–Crippen LogP) is 3.80. The molecule has 0 spiro atoms. The van der Waals surface area contributed by atoms with Crippen LogP contribution in [-0.2, 0) is 13.0 Å². The van der Waals surface area contributed by atoms with E-state index in [2.05, 4.69) is 30.2 Å². The number of nitrogens with one attached hydrogen (secondary N) is 1. The molecule has 0 saturated heterocycles. The normalized spacial score (nSPS) is 17.2. The number of pyridine rings is 1. The topological polar surface area (TPSA) is 24.9 Å². The first-order valence-corrected chi connectivity index (χ1v) is 7.60. The van der Waals surface area contributed by atoms with Crippen LogP contribution in [0.1, 0.15) is 48.6 Å². The number of halogens is 1. The van der Waals surface area contributed by atoms with E-state index in [9.17, 15) is 4.39 Å². The van der Waals surface area contributed by atoms with Crippen molar-refractivity contribution >= 4 is 0 Å². The molecule has 1 aliphatic carbocycles. The van der Waals surface area contributed by atoms with Crippen molar-refractivity contribution in [2.24, 2.45) is 0 Å². The highest BCUT2D eigenvalue weighted by atomic mass is 19.1. The zero-order valence-electron chi connectivity index (χ0n) is 12.6. The molecule has 2 aromatic rings. The molecular formula is C18H21FN2. The lowest BCUT2D eigenvalue weighted by molar-refractivity contribution is 0.551. The van der Waals surface area contributed by atoms with Crippen LogP contribution in [0, 0.1) is 5.82 Å². The number of nitrogens with zero attached hydrogens (tertiary/aromatic N) is 1. The molecule has 21 heavy (non-hydrogen) atoms. The number of aromatic nitrogens is 1. The lowest BCUT2D eigenvalue weighted by Crippen LogP contribution is -2.22. The fraction of sp³-hybridized carbons (Fsp3) is 0.389. The molecule has 1 heterocycles. The Hall–Kier alpha value is -1.74. The quantitative estimate of drug-likeness (QED) is 0.924.